The SMILES string of the molecule is CN(C(=O)OC(C)(C)C)[C@@H](CCc1ccccc1)C(N)=O. The van der Waals surface area contributed by atoms with E-state index in [1.807, 2.05) is 30.3 Å². The van der Waals surface area contributed by atoms with Gasteiger partial charge < -0.3 is 10.5 Å². The average molecular weight is 292 g/mol. The van der Waals surface area contributed by atoms with Crippen LogP contribution in [0.5, 0.6) is 0 Å². The minimum absolute atomic E-state index is 0.467. The third kappa shape index (κ3) is 5.85. The number of hydrogen-bond acceptors (Lipinski definition) is 3. The molecule has 1 atom stereocenters. The highest BCUT2D eigenvalue weighted by molar-refractivity contribution is 5.84. The van der Waals surface area contributed by atoms with Crippen molar-refractivity contribution in [2.45, 2.75) is 45.3 Å². The lowest BCUT2D eigenvalue weighted by Crippen LogP contribution is -2.47. The first-order chi connectivity index (χ1) is 9.70. The first-order valence-electron chi connectivity index (χ1n) is 7.00. The smallest absolute Gasteiger partial charge is 0.410 e. The first kappa shape index (κ1) is 17.0. The van der Waals surface area contributed by atoms with E-state index in [9.17, 15) is 9.59 Å². The van der Waals surface area contributed by atoms with E-state index in [4.69, 9.17) is 10.5 Å². The molecule has 1 aromatic rings. The number of carbonyl (C=O) groups is 2. The maximum absolute atomic E-state index is 12.0. The van der Waals surface area contributed by atoms with Gasteiger partial charge in [0.05, 0.1) is 0 Å². The zero-order chi connectivity index (χ0) is 16.0. The lowest BCUT2D eigenvalue weighted by atomic mass is 10.0. The molecule has 0 aliphatic carbocycles. The second kappa shape index (κ2) is 7.11. The van der Waals surface area contributed by atoms with Crippen molar-refractivity contribution >= 4 is 12.0 Å². The molecule has 5 heteroatoms. The van der Waals surface area contributed by atoms with Gasteiger partial charge in [-0.1, -0.05) is 30.3 Å². The molecular weight excluding hydrogens is 268 g/mol. The molecule has 0 bridgehead atoms. The highest BCUT2D eigenvalue weighted by Crippen LogP contribution is 2.14. The van der Waals surface area contributed by atoms with Gasteiger partial charge in [-0.25, -0.2) is 4.79 Å². The third-order valence-electron chi connectivity index (χ3n) is 3.03. The van der Waals surface area contributed by atoms with E-state index in [1.165, 1.54) is 11.9 Å². The van der Waals surface area contributed by atoms with Gasteiger partial charge in [-0.15, -0.1) is 0 Å². The molecule has 0 heterocycles. The van der Waals surface area contributed by atoms with Crippen molar-refractivity contribution in [2.24, 2.45) is 5.73 Å². The van der Waals surface area contributed by atoms with Crippen molar-refractivity contribution in [3.63, 3.8) is 0 Å². The van der Waals surface area contributed by atoms with Crippen LogP contribution in [-0.2, 0) is 16.0 Å². The normalized spacial score (nSPS) is 12.6. The van der Waals surface area contributed by atoms with E-state index in [0.29, 0.717) is 12.8 Å². The number of benzene rings is 1. The first-order valence-corrected chi connectivity index (χ1v) is 7.00. The number of ether oxygens (including phenoxy) is 1. The molecule has 1 rings (SSSR count). The van der Waals surface area contributed by atoms with Gasteiger partial charge in [-0.3, -0.25) is 9.69 Å². The van der Waals surface area contributed by atoms with Crippen molar-refractivity contribution in [1.82, 2.24) is 4.90 Å². The van der Waals surface area contributed by atoms with Gasteiger partial charge in [0.25, 0.3) is 0 Å². The van der Waals surface area contributed by atoms with E-state index < -0.39 is 23.6 Å². The van der Waals surface area contributed by atoms with Gasteiger partial charge in [0, 0.05) is 7.05 Å². The van der Waals surface area contributed by atoms with Crippen LogP contribution in [0.2, 0.25) is 0 Å². The number of nitrogens with two attached hydrogens (primary N) is 1. The van der Waals surface area contributed by atoms with Gasteiger partial charge in [-0.2, -0.15) is 0 Å². The number of likely N-dealkylation sites (N-methyl/N-ethyl adjacent to an activating group) is 1. The van der Waals surface area contributed by atoms with Crippen LogP contribution in [-0.4, -0.2) is 35.6 Å². The summed E-state index contributed by atoms with van der Waals surface area (Å²) in [5, 5.41) is 0. The van der Waals surface area contributed by atoms with Gasteiger partial charge in [0.2, 0.25) is 5.91 Å². The molecule has 0 saturated heterocycles. The van der Waals surface area contributed by atoms with Crippen molar-refractivity contribution < 1.29 is 14.3 Å². The van der Waals surface area contributed by atoms with Gasteiger partial charge in [0.15, 0.2) is 0 Å². The predicted octanol–water partition coefficient (Wildman–Crippen LogP) is 2.34. The van der Waals surface area contributed by atoms with Crippen molar-refractivity contribution in [2.75, 3.05) is 7.05 Å². The second-order valence-electron chi connectivity index (χ2n) is 6.03. The molecule has 2 amide bonds. The van der Waals surface area contributed by atoms with E-state index in [2.05, 4.69) is 0 Å². The van der Waals surface area contributed by atoms with Crippen molar-refractivity contribution in [3.05, 3.63) is 35.9 Å². The minimum Gasteiger partial charge on any atom is -0.444 e. The van der Waals surface area contributed by atoms with Crippen LogP contribution < -0.4 is 5.73 Å². The van der Waals surface area contributed by atoms with Crippen LogP contribution in [0.4, 0.5) is 4.79 Å². The van der Waals surface area contributed by atoms with E-state index in [1.54, 1.807) is 20.8 Å². The zero-order valence-corrected chi connectivity index (χ0v) is 13.1. The maximum Gasteiger partial charge on any atom is 0.410 e. The summed E-state index contributed by atoms with van der Waals surface area (Å²) in [5.74, 6) is -0.528. The molecule has 0 radical (unpaired) electrons. The molecule has 1 aromatic carbocycles. The van der Waals surface area contributed by atoms with Crippen molar-refractivity contribution in [1.29, 1.82) is 0 Å². The Bertz CT molecular complexity index is 480. The van der Waals surface area contributed by atoms with E-state index >= 15 is 0 Å². The molecule has 0 fully saturated rings. The van der Waals surface area contributed by atoms with Gasteiger partial charge >= 0.3 is 6.09 Å². The summed E-state index contributed by atoms with van der Waals surface area (Å²) in [7, 11) is 1.54. The molecule has 116 valence electrons. The molecule has 0 aliphatic rings. The Hall–Kier alpha value is -2.04. The number of rotatable bonds is 5. The highest BCUT2D eigenvalue weighted by Gasteiger charge is 2.28. The summed E-state index contributed by atoms with van der Waals surface area (Å²) in [6.45, 7) is 5.34. The van der Waals surface area contributed by atoms with Gasteiger partial charge in [0.1, 0.15) is 11.6 Å². The molecule has 0 aromatic heterocycles. The summed E-state index contributed by atoms with van der Waals surface area (Å²) in [6, 6.07) is 9.08. The van der Waals surface area contributed by atoms with Crippen molar-refractivity contribution in [3.8, 4) is 0 Å². The molecule has 0 saturated carbocycles. The Balaban J connectivity index is 2.68. The maximum atomic E-state index is 12.0. The molecule has 0 spiro atoms. The lowest BCUT2D eigenvalue weighted by Gasteiger charge is -2.29. The molecule has 0 unspecified atom stereocenters. The summed E-state index contributed by atoms with van der Waals surface area (Å²) < 4.78 is 5.26. The van der Waals surface area contributed by atoms with E-state index in [0.717, 1.165) is 5.56 Å². The fourth-order valence-electron chi connectivity index (χ4n) is 1.94. The number of primary amides is 1. The minimum atomic E-state index is -0.681. The Morgan fingerprint density at radius 3 is 2.29 bits per heavy atom. The number of hydrogen-bond donors (Lipinski definition) is 1. The number of aryl methyl sites for hydroxylation is 1. The Kier molecular flexibility index (Phi) is 5.76. The predicted molar refractivity (Wildman–Crippen MR) is 81.7 cm³/mol. The fraction of sp³-hybridized carbons (Fsp3) is 0.500. The average Bonchev–Trinajstić information content (AvgIpc) is 2.37. The Morgan fingerprint density at radius 2 is 1.81 bits per heavy atom. The molecule has 21 heavy (non-hydrogen) atoms. The molecule has 0 aliphatic heterocycles. The van der Waals surface area contributed by atoms with E-state index in [-0.39, 0.29) is 0 Å². The summed E-state index contributed by atoms with van der Waals surface area (Å²) in [6.07, 6.45) is 0.593. The zero-order valence-electron chi connectivity index (χ0n) is 13.1. The highest BCUT2D eigenvalue weighted by atomic mass is 16.6. The van der Waals surface area contributed by atoms with Crippen LogP contribution in [0.1, 0.15) is 32.8 Å². The summed E-state index contributed by atoms with van der Waals surface area (Å²) in [5.41, 5.74) is 5.91. The fourth-order valence-corrected chi connectivity index (χ4v) is 1.94. The topological polar surface area (TPSA) is 72.6 Å². The monoisotopic (exact) mass is 292 g/mol. The summed E-state index contributed by atoms with van der Waals surface area (Å²) in [4.78, 5) is 24.9. The second-order valence-corrected chi connectivity index (χ2v) is 6.03. The Morgan fingerprint density at radius 1 is 1.24 bits per heavy atom. The van der Waals surface area contributed by atoms with Crippen LogP contribution in [0.15, 0.2) is 30.3 Å². The summed E-state index contributed by atoms with van der Waals surface area (Å²) >= 11 is 0. The third-order valence-corrected chi connectivity index (χ3v) is 3.03. The van der Waals surface area contributed by atoms with Crippen LogP contribution in [0.3, 0.4) is 0 Å². The van der Waals surface area contributed by atoms with Crippen LogP contribution in [0.25, 0.3) is 0 Å². The Labute approximate surface area is 126 Å². The lowest BCUT2D eigenvalue weighted by molar-refractivity contribution is -0.123. The number of carbonyl (C=O) groups excluding carboxylic acids is 2. The largest absolute Gasteiger partial charge is 0.444 e. The standard InChI is InChI=1S/C16H24N2O3/c1-16(2,3)21-15(20)18(4)13(14(17)19)11-10-12-8-6-5-7-9-12/h5-9,13H,10-11H2,1-4H3,(H2,17,19)/t13-/m0/s1. The van der Waals surface area contributed by atoms with Crippen LogP contribution >= 0.6 is 0 Å². The molecule has 5 nitrogen and oxygen atoms in total. The van der Waals surface area contributed by atoms with Crippen LogP contribution in [0, 0.1) is 0 Å². The molecular formula is C16H24N2O3. The number of nitrogens with zero attached hydrogens (tertiary/aromatic N) is 1. The van der Waals surface area contributed by atoms with Gasteiger partial charge in [-0.05, 0) is 39.2 Å². The molecule has 2 N–H and O–H groups in total. The quantitative estimate of drug-likeness (QED) is 0.905. The number of amides is 2.